The highest BCUT2D eigenvalue weighted by atomic mass is 15.3. The van der Waals surface area contributed by atoms with Crippen LogP contribution in [0.5, 0.6) is 0 Å². The van der Waals surface area contributed by atoms with Gasteiger partial charge in [0.25, 0.3) is 0 Å². The maximum absolute atomic E-state index is 5.56. The Hall–Kier alpha value is -1.20. The molecule has 5 nitrogen and oxygen atoms in total. The number of hydrogen-bond acceptors (Lipinski definition) is 5. The van der Waals surface area contributed by atoms with Crippen molar-refractivity contribution < 1.29 is 0 Å². The molecule has 1 fully saturated rings. The van der Waals surface area contributed by atoms with Gasteiger partial charge in [0.05, 0.1) is 0 Å². The predicted molar refractivity (Wildman–Crippen MR) is 73.6 cm³/mol. The summed E-state index contributed by atoms with van der Waals surface area (Å²) in [6.45, 7) is 7.29. The van der Waals surface area contributed by atoms with Crippen molar-refractivity contribution in [2.45, 2.75) is 25.8 Å². The van der Waals surface area contributed by atoms with E-state index in [-0.39, 0.29) is 0 Å². The van der Waals surface area contributed by atoms with E-state index in [9.17, 15) is 0 Å². The number of nitrogens with zero attached hydrogens (tertiary/aromatic N) is 4. The molecule has 0 radical (unpaired) electrons. The second-order valence-electron chi connectivity index (χ2n) is 4.85. The van der Waals surface area contributed by atoms with Gasteiger partial charge < -0.3 is 10.6 Å². The van der Waals surface area contributed by atoms with Crippen molar-refractivity contribution >= 4 is 5.95 Å². The number of nitrogens with two attached hydrogens (primary N) is 1. The molecular weight excluding hydrogens is 226 g/mol. The Labute approximate surface area is 109 Å². The molecule has 0 aromatic carbocycles. The molecule has 0 bridgehead atoms. The van der Waals surface area contributed by atoms with E-state index in [1.165, 1.54) is 6.42 Å². The van der Waals surface area contributed by atoms with E-state index in [4.69, 9.17) is 5.73 Å². The van der Waals surface area contributed by atoms with Gasteiger partial charge in [0, 0.05) is 44.6 Å². The van der Waals surface area contributed by atoms with Crippen LogP contribution in [0.15, 0.2) is 18.5 Å². The van der Waals surface area contributed by atoms with Gasteiger partial charge in [-0.1, -0.05) is 0 Å². The maximum Gasteiger partial charge on any atom is 0.225 e. The van der Waals surface area contributed by atoms with Crippen LogP contribution in [0.4, 0.5) is 5.95 Å². The molecule has 5 heteroatoms. The summed E-state index contributed by atoms with van der Waals surface area (Å²) in [4.78, 5) is 13.4. The van der Waals surface area contributed by atoms with Crippen LogP contribution in [0.1, 0.15) is 19.8 Å². The first-order valence-corrected chi connectivity index (χ1v) is 6.77. The average Bonchev–Trinajstić information content (AvgIpc) is 2.46. The standard InChI is InChI=1S/C13H23N5/c1-12(4-2-5-14)17-8-10-18(11-9-17)13-15-6-3-7-16-13/h3,6-7,12H,2,4-5,8-11,14H2,1H3/t12-/m1/s1. The van der Waals surface area contributed by atoms with Gasteiger partial charge in [-0.3, -0.25) is 4.90 Å². The maximum atomic E-state index is 5.56. The summed E-state index contributed by atoms with van der Waals surface area (Å²) >= 11 is 0. The fraction of sp³-hybridized carbons (Fsp3) is 0.692. The van der Waals surface area contributed by atoms with Gasteiger partial charge >= 0.3 is 0 Å². The zero-order valence-electron chi connectivity index (χ0n) is 11.1. The minimum absolute atomic E-state index is 0.632. The monoisotopic (exact) mass is 249 g/mol. The molecule has 18 heavy (non-hydrogen) atoms. The van der Waals surface area contributed by atoms with E-state index in [1.807, 2.05) is 6.07 Å². The third kappa shape index (κ3) is 3.40. The van der Waals surface area contributed by atoms with E-state index >= 15 is 0 Å². The molecule has 2 N–H and O–H groups in total. The van der Waals surface area contributed by atoms with E-state index in [0.29, 0.717) is 6.04 Å². The van der Waals surface area contributed by atoms with Crippen molar-refractivity contribution in [2.75, 3.05) is 37.6 Å². The quantitative estimate of drug-likeness (QED) is 0.833. The van der Waals surface area contributed by atoms with E-state index in [0.717, 1.165) is 45.1 Å². The lowest BCUT2D eigenvalue weighted by atomic mass is 10.1. The molecule has 1 aromatic rings. The summed E-state index contributed by atoms with van der Waals surface area (Å²) < 4.78 is 0. The molecule has 1 atom stereocenters. The van der Waals surface area contributed by atoms with Gasteiger partial charge in [-0.2, -0.15) is 0 Å². The van der Waals surface area contributed by atoms with Gasteiger partial charge in [0.15, 0.2) is 0 Å². The highest BCUT2D eigenvalue weighted by Gasteiger charge is 2.21. The third-order valence-corrected chi connectivity index (χ3v) is 3.60. The normalized spacial score (nSPS) is 18.9. The smallest absolute Gasteiger partial charge is 0.225 e. The number of anilines is 1. The number of piperazine rings is 1. The lowest BCUT2D eigenvalue weighted by Gasteiger charge is -2.38. The minimum Gasteiger partial charge on any atom is -0.338 e. The second-order valence-corrected chi connectivity index (χ2v) is 4.85. The summed E-state index contributed by atoms with van der Waals surface area (Å²) in [6.07, 6.45) is 5.92. The van der Waals surface area contributed by atoms with Gasteiger partial charge in [-0.25, -0.2) is 9.97 Å². The Morgan fingerprint density at radius 2 is 1.89 bits per heavy atom. The van der Waals surface area contributed by atoms with Crippen LogP contribution >= 0.6 is 0 Å². The van der Waals surface area contributed by atoms with Crippen molar-refractivity contribution in [1.82, 2.24) is 14.9 Å². The van der Waals surface area contributed by atoms with E-state index < -0.39 is 0 Å². The van der Waals surface area contributed by atoms with Crippen LogP contribution in [0.3, 0.4) is 0 Å². The van der Waals surface area contributed by atoms with Gasteiger partial charge in [0.2, 0.25) is 5.95 Å². The van der Waals surface area contributed by atoms with Gasteiger partial charge in [0.1, 0.15) is 0 Å². The van der Waals surface area contributed by atoms with E-state index in [1.54, 1.807) is 12.4 Å². The molecule has 2 heterocycles. The van der Waals surface area contributed by atoms with Crippen molar-refractivity contribution in [3.05, 3.63) is 18.5 Å². The summed E-state index contributed by atoms with van der Waals surface area (Å²) in [6, 6.07) is 2.49. The summed E-state index contributed by atoms with van der Waals surface area (Å²) in [5, 5.41) is 0. The third-order valence-electron chi connectivity index (χ3n) is 3.60. The predicted octanol–water partition coefficient (Wildman–Crippen LogP) is 0.726. The highest BCUT2D eigenvalue weighted by molar-refractivity contribution is 5.29. The molecule has 0 unspecified atom stereocenters. The number of aromatic nitrogens is 2. The topological polar surface area (TPSA) is 58.3 Å². The Morgan fingerprint density at radius 1 is 1.22 bits per heavy atom. The van der Waals surface area contributed by atoms with Crippen molar-refractivity contribution in [1.29, 1.82) is 0 Å². The summed E-state index contributed by atoms with van der Waals surface area (Å²) in [5.74, 6) is 0.853. The Bertz CT molecular complexity index is 334. The van der Waals surface area contributed by atoms with Crippen LogP contribution in [-0.4, -0.2) is 53.6 Å². The van der Waals surface area contributed by atoms with Gasteiger partial charge in [-0.15, -0.1) is 0 Å². The molecule has 1 saturated heterocycles. The molecule has 0 aliphatic carbocycles. The molecule has 1 aromatic heterocycles. The van der Waals surface area contributed by atoms with Crippen LogP contribution in [0.2, 0.25) is 0 Å². The Balaban J connectivity index is 1.81. The second kappa shape index (κ2) is 6.66. The van der Waals surface area contributed by atoms with Crippen LogP contribution in [0, 0.1) is 0 Å². The fourth-order valence-corrected chi connectivity index (χ4v) is 2.41. The fourth-order valence-electron chi connectivity index (χ4n) is 2.41. The molecule has 100 valence electrons. The lowest BCUT2D eigenvalue weighted by Crippen LogP contribution is -2.50. The zero-order valence-corrected chi connectivity index (χ0v) is 11.1. The first kappa shape index (κ1) is 13.2. The van der Waals surface area contributed by atoms with Crippen molar-refractivity contribution in [2.24, 2.45) is 5.73 Å². The van der Waals surface area contributed by atoms with Gasteiger partial charge in [-0.05, 0) is 32.4 Å². The average molecular weight is 249 g/mol. The zero-order chi connectivity index (χ0) is 12.8. The molecule has 0 amide bonds. The largest absolute Gasteiger partial charge is 0.338 e. The Morgan fingerprint density at radius 3 is 2.50 bits per heavy atom. The first-order valence-electron chi connectivity index (χ1n) is 6.77. The van der Waals surface area contributed by atoms with Crippen LogP contribution < -0.4 is 10.6 Å². The van der Waals surface area contributed by atoms with Crippen molar-refractivity contribution in [3.8, 4) is 0 Å². The summed E-state index contributed by atoms with van der Waals surface area (Å²) in [5.41, 5.74) is 5.56. The first-order chi connectivity index (χ1) is 8.81. The Kier molecular flexibility index (Phi) is 4.90. The minimum atomic E-state index is 0.632. The van der Waals surface area contributed by atoms with Crippen molar-refractivity contribution in [3.63, 3.8) is 0 Å². The molecule has 1 aliphatic heterocycles. The molecule has 0 saturated carbocycles. The van der Waals surface area contributed by atoms with E-state index in [2.05, 4.69) is 26.7 Å². The summed E-state index contributed by atoms with van der Waals surface area (Å²) in [7, 11) is 0. The molecule has 1 aliphatic rings. The SMILES string of the molecule is C[C@H](CCCN)N1CCN(c2ncccn2)CC1. The molecule has 0 spiro atoms. The lowest BCUT2D eigenvalue weighted by molar-refractivity contribution is 0.186. The number of rotatable bonds is 5. The molecular formula is C13H23N5. The molecule has 2 rings (SSSR count). The van der Waals surface area contributed by atoms with Crippen LogP contribution in [0.25, 0.3) is 0 Å². The van der Waals surface area contributed by atoms with Crippen LogP contribution in [-0.2, 0) is 0 Å². The number of hydrogen-bond donors (Lipinski definition) is 1. The highest BCUT2D eigenvalue weighted by Crippen LogP contribution is 2.13.